The number of ether oxygens (including phenoxy) is 1. The van der Waals surface area contributed by atoms with Gasteiger partial charge in [0.05, 0.1) is 5.75 Å². The minimum atomic E-state index is -0.700. The van der Waals surface area contributed by atoms with Gasteiger partial charge in [0.25, 0.3) is 5.24 Å². The molecule has 0 aliphatic rings. The van der Waals surface area contributed by atoms with Gasteiger partial charge in [-0.2, -0.15) is 0 Å². The molecule has 39 heavy (non-hydrogen) atoms. The van der Waals surface area contributed by atoms with E-state index in [-0.39, 0.29) is 18.1 Å². The Morgan fingerprint density at radius 3 is 2.41 bits per heavy atom. The highest BCUT2D eigenvalue weighted by molar-refractivity contribution is 8.14. The predicted octanol–water partition coefficient (Wildman–Crippen LogP) is 4.67. The van der Waals surface area contributed by atoms with E-state index in [1.807, 2.05) is 55.5 Å². The van der Waals surface area contributed by atoms with Crippen LogP contribution in [0.3, 0.4) is 0 Å². The zero-order valence-corrected chi connectivity index (χ0v) is 23.4. The van der Waals surface area contributed by atoms with Crippen molar-refractivity contribution in [3.63, 3.8) is 0 Å². The Kier molecular flexibility index (Phi) is 10.4. The number of aromatic nitrogens is 1. The number of amides is 4. The maximum atomic E-state index is 12.6. The quantitative estimate of drug-likeness (QED) is 0.244. The van der Waals surface area contributed by atoms with E-state index in [1.165, 1.54) is 0 Å². The molecule has 2 aromatic carbocycles. The first-order valence-electron chi connectivity index (χ1n) is 12.7. The van der Waals surface area contributed by atoms with E-state index in [9.17, 15) is 19.2 Å². The van der Waals surface area contributed by atoms with Crippen LogP contribution in [0.25, 0.3) is 10.9 Å². The van der Waals surface area contributed by atoms with Crippen LogP contribution in [0.15, 0.2) is 54.6 Å². The van der Waals surface area contributed by atoms with Crippen LogP contribution in [0, 0.1) is 0 Å². The molecule has 0 unspecified atom stereocenters. The number of para-hydroxylation sites is 2. The molecule has 3 rings (SSSR count). The van der Waals surface area contributed by atoms with E-state index in [2.05, 4.69) is 26.5 Å². The molecule has 1 heterocycles. The van der Waals surface area contributed by atoms with Crippen molar-refractivity contribution in [3.8, 4) is 0 Å². The van der Waals surface area contributed by atoms with Crippen LogP contribution in [0.5, 0.6) is 0 Å². The Bertz CT molecular complexity index is 1280. The number of fused-ring (bicyclic) bond motifs is 1. The van der Waals surface area contributed by atoms with Crippen LogP contribution >= 0.6 is 11.8 Å². The highest BCUT2D eigenvalue weighted by Gasteiger charge is 2.23. The number of hydrogen-bond acceptors (Lipinski definition) is 6. The number of alkyl carbamates (subject to hydrolysis) is 1. The molecule has 208 valence electrons. The highest BCUT2D eigenvalue weighted by atomic mass is 32.2. The molecule has 10 nitrogen and oxygen atoms in total. The number of carbonyl (C=O) groups excluding carboxylic acids is 4. The number of aryl methyl sites for hydroxylation is 1. The molecule has 4 amide bonds. The minimum absolute atomic E-state index is 0.117. The van der Waals surface area contributed by atoms with Gasteiger partial charge in [-0.1, -0.05) is 55.1 Å². The number of benzene rings is 2. The van der Waals surface area contributed by atoms with Gasteiger partial charge in [0, 0.05) is 35.8 Å². The van der Waals surface area contributed by atoms with Gasteiger partial charge in [-0.15, -0.1) is 0 Å². The molecule has 0 spiro atoms. The molecule has 0 fully saturated rings. The largest absolute Gasteiger partial charge is 0.444 e. The topological polar surface area (TPSA) is 141 Å². The van der Waals surface area contributed by atoms with Crippen LogP contribution in [-0.2, 0) is 27.2 Å². The van der Waals surface area contributed by atoms with Gasteiger partial charge in [-0.05, 0) is 56.3 Å². The second-order valence-corrected chi connectivity index (χ2v) is 10.9. The Morgan fingerprint density at radius 1 is 0.974 bits per heavy atom. The summed E-state index contributed by atoms with van der Waals surface area (Å²) in [4.78, 5) is 52.8. The average molecular weight is 554 g/mol. The van der Waals surface area contributed by atoms with Crippen molar-refractivity contribution in [1.29, 1.82) is 0 Å². The predicted molar refractivity (Wildman–Crippen MR) is 153 cm³/mol. The van der Waals surface area contributed by atoms with Crippen molar-refractivity contribution >= 4 is 51.5 Å². The lowest BCUT2D eigenvalue weighted by Crippen LogP contribution is -2.46. The van der Waals surface area contributed by atoms with E-state index >= 15 is 0 Å². The fraction of sp³-hybridized carbons (Fsp3) is 0.357. The number of nitrogens with one attached hydrogen (secondary N) is 5. The molecule has 5 N–H and O–H groups in total. The summed E-state index contributed by atoms with van der Waals surface area (Å²) in [5, 5.41) is 5.96. The van der Waals surface area contributed by atoms with Crippen LogP contribution < -0.4 is 21.5 Å². The molecule has 0 aliphatic carbocycles. The zero-order valence-electron chi connectivity index (χ0n) is 22.6. The zero-order chi connectivity index (χ0) is 28.4. The third-order valence-corrected chi connectivity index (χ3v) is 6.29. The Labute approximate surface area is 232 Å². The maximum Gasteiger partial charge on any atom is 0.407 e. The average Bonchev–Trinajstić information content (AvgIpc) is 3.27. The molecule has 0 aliphatic heterocycles. The van der Waals surface area contributed by atoms with E-state index in [0.717, 1.165) is 40.3 Å². The molecular formula is C28H35N5O5S. The van der Waals surface area contributed by atoms with E-state index < -0.39 is 28.9 Å². The fourth-order valence-electron chi connectivity index (χ4n) is 3.86. The monoisotopic (exact) mass is 553 g/mol. The number of hydrazine groups is 1. The smallest absolute Gasteiger partial charge is 0.407 e. The first-order valence-corrected chi connectivity index (χ1v) is 13.7. The van der Waals surface area contributed by atoms with E-state index in [0.29, 0.717) is 12.1 Å². The molecule has 11 heteroatoms. The summed E-state index contributed by atoms with van der Waals surface area (Å²) < 4.78 is 5.35. The van der Waals surface area contributed by atoms with Gasteiger partial charge in [-0.3, -0.25) is 25.2 Å². The number of aromatic amines is 1. The van der Waals surface area contributed by atoms with E-state index in [1.54, 1.807) is 26.8 Å². The summed E-state index contributed by atoms with van der Waals surface area (Å²) in [5.41, 5.74) is 7.42. The number of rotatable bonds is 9. The van der Waals surface area contributed by atoms with Crippen molar-refractivity contribution in [2.45, 2.75) is 58.6 Å². The van der Waals surface area contributed by atoms with Crippen LogP contribution in [0.4, 0.5) is 15.3 Å². The number of H-pyrrole nitrogens is 1. The summed E-state index contributed by atoms with van der Waals surface area (Å²) >= 11 is 0.729. The Morgan fingerprint density at radius 2 is 1.69 bits per heavy atom. The molecule has 0 saturated carbocycles. The third-order valence-electron chi connectivity index (χ3n) is 5.52. The summed E-state index contributed by atoms with van der Waals surface area (Å²) in [6.07, 6.45) is 0.337. The lowest BCUT2D eigenvalue weighted by Gasteiger charge is -2.23. The standard InChI is InChI=1S/C28H35N5O5S/c1-5-18-10-6-8-12-22(18)31-25(35)17-39-27(37)33-32-24(34)16-21(30-26(36)38-28(2,3)4)15-20-14-19-11-7-9-13-23(19)29-20/h6-14,21,29H,5,15-17H2,1-4H3,(H,30,36)(H,31,35)(H,32,34)(H,33,37)/t21-/m0/s1. The molecule has 3 aromatic rings. The van der Waals surface area contributed by atoms with Gasteiger partial charge in [0.15, 0.2) is 0 Å². The van der Waals surface area contributed by atoms with Gasteiger partial charge in [0.1, 0.15) is 5.60 Å². The fourth-order valence-corrected chi connectivity index (χ4v) is 4.31. The Hall–Kier alpha value is -3.99. The summed E-state index contributed by atoms with van der Waals surface area (Å²) in [6, 6.07) is 16.6. The molecule has 0 radical (unpaired) electrons. The number of thioether (sulfide) groups is 1. The van der Waals surface area contributed by atoms with Gasteiger partial charge in [0.2, 0.25) is 11.8 Å². The maximum absolute atomic E-state index is 12.6. The summed E-state index contributed by atoms with van der Waals surface area (Å²) in [6.45, 7) is 7.25. The molecule has 1 atom stereocenters. The molecule has 0 saturated heterocycles. The van der Waals surface area contributed by atoms with Gasteiger partial charge >= 0.3 is 6.09 Å². The first kappa shape index (κ1) is 29.6. The van der Waals surface area contributed by atoms with Crippen molar-refractivity contribution in [2.24, 2.45) is 0 Å². The van der Waals surface area contributed by atoms with Crippen molar-refractivity contribution in [2.75, 3.05) is 11.1 Å². The summed E-state index contributed by atoms with van der Waals surface area (Å²) in [5.74, 6) is -0.965. The van der Waals surface area contributed by atoms with E-state index in [4.69, 9.17) is 4.74 Å². The second kappa shape index (κ2) is 13.7. The van der Waals surface area contributed by atoms with Gasteiger partial charge < -0.3 is 20.4 Å². The first-order chi connectivity index (χ1) is 18.5. The highest BCUT2D eigenvalue weighted by Crippen LogP contribution is 2.18. The SMILES string of the molecule is CCc1ccccc1NC(=O)CSC(=O)NNC(=O)C[C@H](Cc1cc2ccccc2[nH]1)NC(=O)OC(C)(C)C. The number of hydrogen-bond donors (Lipinski definition) is 5. The third kappa shape index (κ3) is 10.0. The minimum Gasteiger partial charge on any atom is -0.444 e. The molecule has 1 aromatic heterocycles. The van der Waals surface area contributed by atoms with Crippen molar-refractivity contribution < 1.29 is 23.9 Å². The van der Waals surface area contributed by atoms with Crippen LogP contribution in [0.1, 0.15) is 45.4 Å². The Balaban J connectivity index is 1.51. The van der Waals surface area contributed by atoms with Crippen molar-refractivity contribution in [1.82, 2.24) is 21.2 Å². The second-order valence-electron chi connectivity index (χ2n) is 9.94. The van der Waals surface area contributed by atoms with Gasteiger partial charge in [-0.25, -0.2) is 4.79 Å². The van der Waals surface area contributed by atoms with Crippen molar-refractivity contribution in [3.05, 3.63) is 65.9 Å². The van der Waals surface area contributed by atoms with Crippen LogP contribution in [0.2, 0.25) is 0 Å². The molecule has 0 bridgehead atoms. The van der Waals surface area contributed by atoms with Crippen LogP contribution in [-0.4, -0.2) is 45.5 Å². The lowest BCUT2D eigenvalue weighted by molar-refractivity contribution is -0.122. The number of carbonyl (C=O) groups is 4. The summed E-state index contributed by atoms with van der Waals surface area (Å²) in [7, 11) is 0. The normalized spacial score (nSPS) is 11.9. The molecular weight excluding hydrogens is 518 g/mol. The lowest BCUT2D eigenvalue weighted by atomic mass is 10.1. The number of anilines is 1.